The van der Waals surface area contributed by atoms with E-state index in [0.717, 1.165) is 17.0 Å². The normalized spacial score (nSPS) is 10.1. The molecule has 0 saturated carbocycles. The fourth-order valence-corrected chi connectivity index (χ4v) is 1.37. The standard InChI is InChI=1S/C12H14N2O2/c1-9-5-6-16-11(9)8-13-10-3-4-12(15-2)14-7-10/h3-7,13H,8H2,1-2H3. The number of pyridine rings is 1. The van der Waals surface area contributed by atoms with Gasteiger partial charge in [0.15, 0.2) is 0 Å². The topological polar surface area (TPSA) is 47.3 Å². The molecule has 0 aliphatic heterocycles. The summed E-state index contributed by atoms with van der Waals surface area (Å²) >= 11 is 0. The van der Waals surface area contributed by atoms with Crippen LogP contribution in [-0.2, 0) is 6.54 Å². The largest absolute Gasteiger partial charge is 0.481 e. The van der Waals surface area contributed by atoms with Gasteiger partial charge in [-0.2, -0.15) is 0 Å². The second-order valence-electron chi connectivity index (χ2n) is 3.47. The predicted molar refractivity (Wildman–Crippen MR) is 61.6 cm³/mol. The van der Waals surface area contributed by atoms with Crippen molar-refractivity contribution in [3.63, 3.8) is 0 Å². The first-order chi connectivity index (χ1) is 7.79. The Bertz CT molecular complexity index is 448. The Hall–Kier alpha value is -1.97. The Balaban J connectivity index is 1.97. The lowest BCUT2D eigenvalue weighted by Crippen LogP contribution is -2.00. The fourth-order valence-electron chi connectivity index (χ4n) is 1.37. The molecule has 2 aromatic rings. The Kier molecular flexibility index (Phi) is 3.10. The molecule has 0 unspecified atom stereocenters. The Morgan fingerprint density at radius 2 is 2.25 bits per heavy atom. The van der Waals surface area contributed by atoms with Crippen LogP contribution in [0.1, 0.15) is 11.3 Å². The van der Waals surface area contributed by atoms with Crippen molar-refractivity contribution < 1.29 is 9.15 Å². The molecule has 0 bridgehead atoms. The number of anilines is 1. The van der Waals surface area contributed by atoms with E-state index >= 15 is 0 Å². The molecule has 0 saturated heterocycles. The molecular formula is C12H14N2O2. The molecule has 84 valence electrons. The molecule has 0 spiro atoms. The van der Waals surface area contributed by atoms with Gasteiger partial charge in [0.2, 0.25) is 5.88 Å². The highest BCUT2D eigenvalue weighted by Crippen LogP contribution is 2.14. The summed E-state index contributed by atoms with van der Waals surface area (Å²) in [4.78, 5) is 4.10. The molecule has 0 fully saturated rings. The van der Waals surface area contributed by atoms with E-state index in [0.29, 0.717) is 12.4 Å². The highest BCUT2D eigenvalue weighted by molar-refractivity contribution is 5.42. The molecule has 2 aromatic heterocycles. The number of hydrogen-bond acceptors (Lipinski definition) is 4. The maximum absolute atomic E-state index is 5.32. The average molecular weight is 218 g/mol. The molecule has 0 atom stereocenters. The summed E-state index contributed by atoms with van der Waals surface area (Å²) in [6.07, 6.45) is 3.43. The molecule has 0 radical (unpaired) electrons. The molecule has 0 aromatic carbocycles. The van der Waals surface area contributed by atoms with Crippen LogP contribution in [0.25, 0.3) is 0 Å². The van der Waals surface area contributed by atoms with Crippen molar-refractivity contribution >= 4 is 5.69 Å². The van der Waals surface area contributed by atoms with E-state index < -0.39 is 0 Å². The van der Waals surface area contributed by atoms with Crippen LogP contribution in [0.4, 0.5) is 5.69 Å². The van der Waals surface area contributed by atoms with Crippen molar-refractivity contribution in [3.05, 3.63) is 42.0 Å². The third-order valence-electron chi connectivity index (χ3n) is 2.37. The average Bonchev–Trinajstić information content (AvgIpc) is 2.73. The SMILES string of the molecule is COc1ccc(NCc2occc2C)cn1. The fraction of sp³-hybridized carbons (Fsp3) is 0.250. The van der Waals surface area contributed by atoms with E-state index in [2.05, 4.69) is 10.3 Å². The van der Waals surface area contributed by atoms with Gasteiger partial charge in [-0.05, 0) is 24.6 Å². The summed E-state index contributed by atoms with van der Waals surface area (Å²) in [5, 5.41) is 3.23. The summed E-state index contributed by atoms with van der Waals surface area (Å²) in [5.41, 5.74) is 2.09. The zero-order valence-electron chi connectivity index (χ0n) is 9.36. The van der Waals surface area contributed by atoms with E-state index in [4.69, 9.17) is 9.15 Å². The van der Waals surface area contributed by atoms with Gasteiger partial charge in [-0.3, -0.25) is 0 Å². The molecule has 4 nitrogen and oxygen atoms in total. The minimum Gasteiger partial charge on any atom is -0.481 e. The van der Waals surface area contributed by atoms with Gasteiger partial charge in [-0.25, -0.2) is 4.98 Å². The second kappa shape index (κ2) is 4.70. The first-order valence-electron chi connectivity index (χ1n) is 5.06. The Labute approximate surface area is 94.3 Å². The number of nitrogens with zero attached hydrogens (tertiary/aromatic N) is 1. The van der Waals surface area contributed by atoms with Crippen LogP contribution in [-0.4, -0.2) is 12.1 Å². The van der Waals surface area contributed by atoms with Crippen LogP contribution in [0, 0.1) is 6.92 Å². The quantitative estimate of drug-likeness (QED) is 0.856. The number of aromatic nitrogens is 1. The van der Waals surface area contributed by atoms with Crippen molar-refractivity contribution in [1.29, 1.82) is 0 Å². The van der Waals surface area contributed by atoms with Gasteiger partial charge in [-0.1, -0.05) is 0 Å². The molecule has 4 heteroatoms. The number of aryl methyl sites for hydroxylation is 1. The van der Waals surface area contributed by atoms with Crippen LogP contribution in [0.2, 0.25) is 0 Å². The number of ether oxygens (including phenoxy) is 1. The zero-order chi connectivity index (χ0) is 11.4. The van der Waals surface area contributed by atoms with Crippen molar-refractivity contribution in [2.45, 2.75) is 13.5 Å². The summed E-state index contributed by atoms with van der Waals surface area (Å²) in [7, 11) is 1.60. The van der Waals surface area contributed by atoms with Gasteiger partial charge >= 0.3 is 0 Å². The predicted octanol–water partition coefficient (Wildman–Crippen LogP) is 2.60. The van der Waals surface area contributed by atoms with Crippen LogP contribution >= 0.6 is 0 Å². The van der Waals surface area contributed by atoms with E-state index in [1.165, 1.54) is 0 Å². The number of methoxy groups -OCH3 is 1. The smallest absolute Gasteiger partial charge is 0.213 e. The maximum Gasteiger partial charge on any atom is 0.213 e. The highest BCUT2D eigenvalue weighted by Gasteiger charge is 2.01. The van der Waals surface area contributed by atoms with Gasteiger partial charge in [0.25, 0.3) is 0 Å². The zero-order valence-corrected chi connectivity index (χ0v) is 9.36. The third-order valence-corrected chi connectivity index (χ3v) is 2.37. The number of nitrogens with one attached hydrogen (secondary N) is 1. The van der Waals surface area contributed by atoms with Gasteiger partial charge in [0.1, 0.15) is 5.76 Å². The van der Waals surface area contributed by atoms with Gasteiger partial charge in [0, 0.05) is 6.07 Å². The lowest BCUT2D eigenvalue weighted by molar-refractivity contribution is 0.398. The number of furan rings is 1. The minimum atomic E-state index is 0.611. The molecule has 0 aliphatic rings. The molecular weight excluding hydrogens is 204 g/mol. The lowest BCUT2D eigenvalue weighted by Gasteiger charge is -2.05. The molecule has 2 heterocycles. The first kappa shape index (κ1) is 10.5. The van der Waals surface area contributed by atoms with E-state index in [1.54, 1.807) is 19.6 Å². The number of hydrogen-bond donors (Lipinski definition) is 1. The summed E-state index contributed by atoms with van der Waals surface area (Å²) in [6.45, 7) is 2.68. The van der Waals surface area contributed by atoms with Crippen molar-refractivity contribution in [2.24, 2.45) is 0 Å². The molecule has 0 amide bonds. The van der Waals surface area contributed by atoms with Crippen LogP contribution in [0.15, 0.2) is 35.1 Å². The molecule has 2 rings (SSSR count). The van der Waals surface area contributed by atoms with E-state index in [-0.39, 0.29) is 0 Å². The van der Waals surface area contributed by atoms with Crippen molar-refractivity contribution in [1.82, 2.24) is 4.98 Å². The Morgan fingerprint density at radius 3 is 2.81 bits per heavy atom. The van der Waals surface area contributed by atoms with Crippen molar-refractivity contribution in [3.8, 4) is 5.88 Å². The number of rotatable bonds is 4. The van der Waals surface area contributed by atoms with Crippen LogP contribution < -0.4 is 10.1 Å². The van der Waals surface area contributed by atoms with Gasteiger partial charge in [0.05, 0.1) is 31.8 Å². The van der Waals surface area contributed by atoms with E-state index in [1.807, 2.05) is 25.1 Å². The second-order valence-corrected chi connectivity index (χ2v) is 3.47. The first-order valence-corrected chi connectivity index (χ1v) is 5.06. The van der Waals surface area contributed by atoms with Crippen molar-refractivity contribution in [2.75, 3.05) is 12.4 Å². The summed E-state index contributed by atoms with van der Waals surface area (Å²) in [6, 6.07) is 5.69. The monoisotopic (exact) mass is 218 g/mol. The van der Waals surface area contributed by atoms with Crippen LogP contribution in [0.3, 0.4) is 0 Å². The minimum absolute atomic E-state index is 0.611. The molecule has 1 N–H and O–H groups in total. The summed E-state index contributed by atoms with van der Waals surface area (Å²) in [5.74, 6) is 1.55. The molecule has 0 aliphatic carbocycles. The van der Waals surface area contributed by atoms with Gasteiger partial charge in [-0.15, -0.1) is 0 Å². The molecule has 16 heavy (non-hydrogen) atoms. The van der Waals surface area contributed by atoms with Gasteiger partial charge < -0.3 is 14.5 Å². The van der Waals surface area contributed by atoms with E-state index in [9.17, 15) is 0 Å². The van der Waals surface area contributed by atoms with Crippen LogP contribution in [0.5, 0.6) is 5.88 Å². The summed E-state index contributed by atoms with van der Waals surface area (Å²) < 4.78 is 10.3. The third kappa shape index (κ3) is 2.34. The lowest BCUT2D eigenvalue weighted by atomic mass is 10.3. The maximum atomic E-state index is 5.32. The Morgan fingerprint density at radius 1 is 1.38 bits per heavy atom. The highest BCUT2D eigenvalue weighted by atomic mass is 16.5.